The van der Waals surface area contributed by atoms with E-state index in [0.717, 1.165) is 6.54 Å². The maximum atomic E-state index is 13.0. The molecule has 10 heteroatoms. The highest BCUT2D eigenvalue weighted by Gasteiger charge is 2.19. The van der Waals surface area contributed by atoms with Crippen LogP contribution in [0.5, 0.6) is 11.5 Å². The average Bonchev–Trinajstić information content (AvgIpc) is 2.80. The van der Waals surface area contributed by atoms with E-state index in [0.29, 0.717) is 27.9 Å². The lowest BCUT2D eigenvalue weighted by atomic mass is 10.2. The Labute approximate surface area is 209 Å². The second-order valence-corrected chi connectivity index (χ2v) is 10.4. The first-order valence-corrected chi connectivity index (χ1v) is 12.6. The lowest BCUT2D eigenvalue weighted by Gasteiger charge is -2.20. The van der Waals surface area contributed by atoms with Crippen LogP contribution in [0.25, 0.3) is 0 Å². The van der Waals surface area contributed by atoms with E-state index in [-0.39, 0.29) is 22.2 Å². The quantitative estimate of drug-likeness (QED) is 0.417. The molecule has 3 rings (SSSR count). The molecule has 7 nitrogen and oxygen atoms in total. The van der Waals surface area contributed by atoms with E-state index in [9.17, 15) is 13.2 Å². The smallest absolute Gasteiger partial charge is 0.262 e. The average molecular weight is 522 g/mol. The summed E-state index contributed by atoms with van der Waals surface area (Å²) in [5, 5.41) is 0.748. The molecule has 0 bridgehead atoms. The predicted octanol–water partition coefficient (Wildman–Crippen LogP) is 5.22. The summed E-state index contributed by atoms with van der Waals surface area (Å²) < 4.78 is 34.4. The summed E-state index contributed by atoms with van der Waals surface area (Å²) in [6.45, 7) is 1.28. The van der Waals surface area contributed by atoms with Crippen molar-refractivity contribution in [1.82, 2.24) is 9.80 Å². The number of carbonyl (C=O) groups excluding carboxylic acids is 1. The van der Waals surface area contributed by atoms with Crippen molar-refractivity contribution < 1.29 is 17.9 Å². The lowest BCUT2D eigenvalue weighted by molar-refractivity contribution is 0.0786. The molecule has 180 valence electrons. The maximum absolute atomic E-state index is 13.0. The Morgan fingerprint density at radius 2 is 1.59 bits per heavy atom. The van der Waals surface area contributed by atoms with E-state index in [1.165, 1.54) is 30.3 Å². The Morgan fingerprint density at radius 1 is 0.912 bits per heavy atom. The Morgan fingerprint density at radius 3 is 2.24 bits per heavy atom. The van der Waals surface area contributed by atoms with Crippen molar-refractivity contribution in [3.8, 4) is 11.5 Å². The molecule has 0 aliphatic rings. The van der Waals surface area contributed by atoms with Crippen LogP contribution in [-0.2, 0) is 10.0 Å². The fraction of sp³-hybridized carbons (Fsp3) is 0.208. The van der Waals surface area contributed by atoms with E-state index in [4.69, 9.17) is 27.9 Å². The van der Waals surface area contributed by atoms with Crippen molar-refractivity contribution in [3.63, 3.8) is 0 Å². The summed E-state index contributed by atoms with van der Waals surface area (Å²) in [4.78, 5) is 16.2. The zero-order valence-corrected chi connectivity index (χ0v) is 21.3. The number of anilines is 1. The van der Waals surface area contributed by atoms with Crippen LogP contribution in [0.1, 0.15) is 10.4 Å². The monoisotopic (exact) mass is 521 g/mol. The van der Waals surface area contributed by atoms with Crippen molar-refractivity contribution in [2.75, 3.05) is 39.0 Å². The summed E-state index contributed by atoms with van der Waals surface area (Å²) in [6, 6.07) is 17.1. The lowest BCUT2D eigenvalue weighted by Crippen LogP contribution is -2.33. The van der Waals surface area contributed by atoms with Gasteiger partial charge < -0.3 is 14.5 Å². The van der Waals surface area contributed by atoms with Gasteiger partial charge in [-0.2, -0.15) is 0 Å². The number of nitrogens with zero attached hydrogens (tertiary/aromatic N) is 2. The minimum Gasteiger partial charge on any atom is -0.454 e. The van der Waals surface area contributed by atoms with E-state index in [1.54, 1.807) is 48.3 Å². The van der Waals surface area contributed by atoms with Gasteiger partial charge in [-0.25, -0.2) is 8.42 Å². The molecule has 0 aliphatic carbocycles. The molecule has 0 spiro atoms. The summed E-state index contributed by atoms with van der Waals surface area (Å²) in [7, 11) is 1.62. The third-order valence-corrected chi connectivity index (χ3v) is 6.80. The van der Waals surface area contributed by atoms with E-state index in [2.05, 4.69) is 4.72 Å². The standard InChI is InChI=1S/C24H25Cl2N3O4S/c1-28(2)14-15-29(3)24(30)17-8-11-19(12-9-17)34(31,32)27-21-6-4-5-7-23(21)33-22-13-10-18(25)16-20(22)26/h4-13,16,27H,14-15H2,1-3H3. The molecule has 1 amide bonds. The van der Waals surface area contributed by atoms with E-state index in [1.807, 2.05) is 19.0 Å². The number of hydrogen-bond acceptors (Lipinski definition) is 5. The van der Waals surface area contributed by atoms with Gasteiger partial charge in [-0.05, 0) is 68.7 Å². The van der Waals surface area contributed by atoms with Gasteiger partial charge in [0.2, 0.25) is 0 Å². The number of benzene rings is 3. The molecule has 0 aromatic heterocycles. The molecule has 0 radical (unpaired) electrons. The second-order valence-electron chi connectivity index (χ2n) is 7.83. The Balaban J connectivity index is 1.77. The number of para-hydroxylation sites is 2. The summed E-state index contributed by atoms with van der Waals surface area (Å²) in [5.74, 6) is 0.418. The molecule has 0 unspecified atom stereocenters. The van der Waals surface area contributed by atoms with Crippen LogP contribution in [-0.4, -0.2) is 58.4 Å². The number of halogens is 2. The largest absolute Gasteiger partial charge is 0.454 e. The first kappa shape index (κ1) is 25.8. The highest BCUT2D eigenvalue weighted by molar-refractivity contribution is 7.92. The van der Waals surface area contributed by atoms with Gasteiger partial charge >= 0.3 is 0 Å². The highest BCUT2D eigenvalue weighted by Crippen LogP contribution is 2.35. The van der Waals surface area contributed by atoms with Gasteiger partial charge in [0.25, 0.3) is 15.9 Å². The van der Waals surface area contributed by atoms with Crippen molar-refractivity contribution in [2.45, 2.75) is 4.90 Å². The molecule has 3 aromatic rings. The molecular formula is C24H25Cl2N3O4S. The maximum Gasteiger partial charge on any atom is 0.262 e. The first-order chi connectivity index (χ1) is 16.1. The molecule has 0 saturated carbocycles. The van der Waals surface area contributed by atoms with Crippen LogP contribution in [0.4, 0.5) is 5.69 Å². The molecule has 0 fully saturated rings. The normalized spacial score (nSPS) is 11.4. The summed E-state index contributed by atoms with van der Waals surface area (Å²) in [5.41, 5.74) is 0.637. The molecule has 3 aromatic carbocycles. The SMILES string of the molecule is CN(C)CCN(C)C(=O)c1ccc(S(=O)(=O)Nc2ccccc2Oc2ccc(Cl)cc2Cl)cc1. The fourth-order valence-corrected chi connectivity index (χ4v) is 4.49. The number of amides is 1. The van der Waals surface area contributed by atoms with Crippen LogP contribution in [0.2, 0.25) is 10.0 Å². The highest BCUT2D eigenvalue weighted by atomic mass is 35.5. The second kappa shape index (κ2) is 11.1. The van der Waals surface area contributed by atoms with Crippen LogP contribution < -0.4 is 9.46 Å². The van der Waals surface area contributed by atoms with Gasteiger partial charge in [-0.1, -0.05) is 35.3 Å². The van der Waals surface area contributed by atoms with Gasteiger partial charge in [0, 0.05) is 30.7 Å². The third-order valence-electron chi connectivity index (χ3n) is 4.89. The number of nitrogens with one attached hydrogen (secondary N) is 1. The van der Waals surface area contributed by atoms with Crippen molar-refractivity contribution >= 4 is 44.8 Å². The molecule has 0 heterocycles. The molecule has 34 heavy (non-hydrogen) atoms. The Hall–Kier alpha value is -2.78. The van der Waals surface area contributed by atoms with Crippen molar-refractivity contribution in [2.24, 2.45) is 0 Å². The molecule has 1 N–H and O–H groups in total. The zero-order chi connectivity index (χ0) is 24.9. The Bertz CT molecular complexity index is 1270. The van der Waals surface area contributed by atoms with Crippen LogP contribution >= 0.6 is 23.2 Å². The summed E-state index contributed by atoms with van der Waals surface area (Å²) in [6.07, 6.45) is 0. The van der Waals surface area contributed by atoms with Crippen molar-refractivity contribution in [1.29, 1.82) is 0 Å². The molecule has 0 atom stereocenters. The fourth-order valence-electron chi connectivity index (χ4n) is 2.97. The van der Waals surface area contributed by atoms with E-state index >= 15 is 0 Å². The predicted molar refractivity (Wildman–Crippen MR) is 136 cm³/mol. The Kier molecular flexibility index (Phi) is 8.43. The van der Waals surface area contributed by atoms with Gasteiger partial charge in [0.05, 0.1) is 15.6 Å². The number of likely N-dealkylation sites (N-methyl/N-ethyl adjacent to an activating group) is 2. The van der Waals surface area contributed by atoms with Crippen LogP contribution in [0.3, 0.4) is 0 Å². The molecular weight excluding hydrogens is 497 g/mol. The number of hydrogen-bond donors (Lipinski definition) is 1. The van der Waals surface area contributed by atoms with Crippen LogP contribution in [0, 0.1) is 0 Å². The van der Waals surface area contributed by atoms with Crippen molar-refractivity contribution in [3.05, 3.63) is 82.3 Å². The van der Waals surface area contributed by atoms with Gasteiger partial charge in [0.1, 0.15) is 5.75 Å². The number of ether oxygens (including phenoxy) is 1. The number of sulfonamides is 1. The third kappa shape index (κ3) is 6.64. The van der Waals surface area contributed by atoms with Gasteiger partial charge in [0.15, 0.2) is 5.75 Å². The van der Waals surface area contributed by atoms with Gasteiger partial charge in [-0.3, -0.25) is 9.52 Å². The molecule has 0 aliphatic heterocycles. The minimum absolute atomic E-state index is 0.0133. The summed E-state index contributed by atoms with van der Waals surface area (Å²) >= 11 is 12.1. The van der Waals surface area contributed by atoms with E-state index < -0.39 is 10.0 Å². The van der Waals surface area contributed by atoms with Crippen LogP contribution in [0.15, 0.2) is 71.6 Å². The number of carbonyl (C=O) groups is 1. The van der Waals surface area contributed by atoms with Gasteiger partial charge in [-0.15, -0.1) is 0 Å². The zero-order valence-electron chi connectivity index (χ0n) is 19.0. The topological polar surface area (TPSA) is 79.0 Å². The minimum atomic E-state index is -3.94. The number of rotatable bonds is 9. The first-order valence-electron chi connectivity index (χ1n) is 10.3. The molecule has 0 saturated heterocycles.